The van der Waals surface area contributed by atoms with Crippen molar-refractivity contribution in [1.29, 1.82) is 0 Å². The zero-order chi connectivity index (χ0) is 13.8. The Morgan fingerprint density at radius 2 is 2.11 bits per heavy atom. The second kappa shape index (κ2) is 5.60. The van der Waals surface area contributed by atoms with Crippen molar-refractivity contribution in [2.75, 3.05) is 24.7 Å². The predicted octanol–water partition coefficient (Wildman–Crippen LogP) is 1.99. The lowest BCUT2D eigenvalue weighted by Gasteiger charge is -2.10. The Labute approximate surface area is 112 Å². The van der Waals surface area contributed by atoms with Gasteiger partial charge in [0.05, 0.1) is 7.11 Å². The highest BCUT2D eigenvalue weighted by molar-refractivity contribution is 5.74. The zero-order valence-electron chi connectivity index (χ0n) is 11.5. The van der Waals surface area contributed by atoms with Crippen molar-refractivity contribution in [3.05, 3.63) is 18.2 Å². The molecule has 0 atom stereocenters. The van der Waals surface area contributed by atoms with Gasteiger partial charge in [-0.25, -0.2) is 0 Å². The van der Waals surface area contributed by atoms with E-state index in [4.69, 9.17) is 10.5 Å². The molecule has 19 heavy (non-hydrogen) atoms. The van der Waals surface area contributed by atoms with Crippen LogP contribution in [0.5, 0.6) is 5.75 Å². The lowest BCUT2D eigenvalue weighted by Crippen LogP contribution is -2.07. The number of nitrogens with two attached hydrogens (primary N) is 1. The molecule has 6 nitrogen and oxygen atoms in total. The van der Waals surface area contributed by atoms with Crippen LogP contribution in [0, 0.1) is 0 Å². The fourth-order valence-electron chi connectivity index (χ4n) is 1.95. The average molecular weight is 261 g/mol. The molecule has 0 saturated carbocycles. The summed E-state index contributed by atoms with van der Waals surface area (Å²) in [7, 11) is 1.63. The van der Waals surface area contributed by atoms with E-state index < -0.39 is 0 Å². The third kappa shape index (κ3) is 2.47. The van der Waals surface area contributed by atoms with Crippen molar-refractivity contribution < 1.29 is 4.74 Å². The molecule has 0 spiro atoms. The molecule has 1 aromatic carbocycles. The quantitative estimate of drug-likeness (QED) is 0.805. The van der Waals surface area contributed by atoms with Crippen LogP contribution in [0.1, 0.15) is 13.8 Å². The second-order valence-electron chi connectivity index (χ2n) is 4.07. The average Bonchev–Trinajstić information content (AvgIpc) is 2.82. The highest BCUT2D eigenvalue weighted by Crippen LogP contribution is 2.29. The van der Waals surface area contributed by atoms with E-state index in [0.29, 0.717) is 5.69 Å². The van der Waals surface area contributed by atoms with Crippen molar-refractivity contribution in [3.8, 4) is 17.1 Å². The third-order valence-corrected chi connectivity index (χ3v) is 2.90. The van der Waals surface area contributed by atoms with Gasteiger partial charge in [-0.15, -0.1) is 10.2 Å². The van der Waals surface area contributed by atoms with Crippen LogP contribution in [0.25, 0.3) is 11.4 Å². The van der Waals surface area contributed by atoms with Crippen LogP contribution in [0.4, 0.5) is 11.6 Å². The van der Waals surface area contributed by atoms with Gasteiger partial charge in [-0.2, -0.15) is 0 Å². The fraction of sp³-hybridized carbons (Fsp3) is 0.385. The van der Waals surface area contributed by atoms with Gasteiger partial charge >= 0.3 is 0 Å². The molecule has 0 radical (unpaired) electrons. The molecule has 1 heterocycles. The van der Waals surface area contributed by atoms with Crippen LogP contribution < -0.4 is 15.8 Å². The minimum absolute atomic E-state index is 0.658. The van der Waals surface area contributed by atoms with E-state index in [-0.39, 0.29) is 0 Å². The number of methoxy groups -OCH3 is 1. The van der Waals surface area contributed by atoms with Crippen molar-refractivity contribution in [2.45, 2.75) is 20.4 Å². The van der Waals surface area contributed by atoms with E-state index in [2.05, 4.69) is 15.5 Å². The smallest absolute Gasteiger partial charge is 0.224 e. The zero-order valence-corrected chi connectivity index (χ0v) is 11.5. The number of rotatable bonds is 5. The molecule has 3 N–H and O–H groups in total. The number of benzene rings is 1. The standard InChI is InChI=1S/C13H19N5O/c1-4-15-13-17-16-12(18(13)5-2)10-8-9(19-3)6-7-11(10)14/h6-8H,4-5,14H2,1-3H3,(H,15,17). The summed E-state index contributed by atoms with van der Waals surface area (Å²) in [5, 5.41) is 11.6. The molecule has 6 heteroatoms. The Kier molecular flexibility index (Phi) is 3.89. The minimum Gasteiger partial charge on any atom is -0.497 e. The number of nitrogens with one attached hydrogen (secondary N) is 1. The van der Waals surface area contributed by atoms with Crippen molar-refractivity contribution in [2.24, 2.45) is 0 Å². The first-order valence-corrected chi connectivity index (χ1v) is 6.32. The van der Waals surface area contributed by atoms with Crippen LogP contribution in [0.2, 0.25) is 0 Å². The summed E-state index contributed by atoms with van der Waals surface area (Å²) in [6.45, 7) is 5.63. The van der Waals surface area contributed by atoms with Gasteiger partial charge in [0.1, 0.15) is 5.75 Å². The second-order valence-corrected chi connectivity index (χ2v) is 4.07. The first kappa shape index (κ1) is 13.2. The largest absolute Gasteiger partial charge is 0.497 e. The maximum atomic E-state index is 6.03. The lowest BCUT2D eigenvalue weighted by molar-refractivity contribution is 0.415. The van der Waals surface area contributed by atoms with Crippen molar-refractivity contribution in [1.82, 2.24) is 14.8 Å². The highest BCUT2D eigenvalue weighted by Gasteiger charge is 2.15. The van der Waals surface area contributed by atoms with Gasteiger partial charge in [0, 0.05) is 24.3 Å². The summed E-state index contributed by atoms with van der Waals surface area (Å²) in [5.74, 6) is 2.25. The Hall–Kier alpha value is -2.24. The first-order valence-electron chi connectivity index (χ1n) is 6.32. The van der Waals surface area contributed by atoms with Crippen molar-refractivity contribution >= 4 is 11.6 Å². The number of hydrogen-bond acceptors (Lipinski definition) is 5. The number of anilines is 2. The van der Waals surface area contributed by atoms with E-state index in [1.807, 2.05) is 36.6 Å². The number of hydrogen-bond donors (Lipinski definition) is 2. The van der Waals surface area contributed by atoms with Gasteiger partial charge in [-0.1, -0.05) is 0 Å². The van der Waals surface area contributed by atoms with E-state index in [9.17, 15) is 0 Å². The Morgan fingerprint density at radius 3 is 2.74 bits per heavy atom. The molecular formula is C13H19N5O. The summed E-state index contributed by atoms with van der Waals surface area (Å²) in [6, 6.07) is 5.52. The molecule has 1 aromatic heterocycles. The highest BCUT2D eigenvalue weighted by atomic mass is 16.5. The Morgan fingerprint density at radius 1 is 1.32 bits per heavy atom. The summed E-state index contributed by atoms with van der Waals surface area (Å²) in [6.07, 6.45) is 0. The molecule has 0 saturated heterocycles. The number of nitrogen functional groups attached to an aromatic ring is 1. The fourth-order valence-corrected chi connectivity index (χ4v) is 1.95. The number of aromatic nitrogens is 3. The predicted molar refractivity (Wildman–Crippen MR) is 76.3 cm³/mol. The van der Waals surface area contributed by atoms with Gasteiger partial charge in [0.2, 0.25) is 5.95 Å². The molecule has 0 unspecified atom stereocenters. The molecular weight excluding hydrogens is 242 g/mol. The van der Waals surface area contributed by atoms with E-state index in [1.165, 1.54) is 0 Å². The summed E-state index contributed by atoms with van der Waals surface area (Å²) >= 11 is 0. The van der Waals surface area contributed by atoms with Gasteiger partial charge < -0.3 is 15.8 Å². The van der Waals surface area contributed by atoms with Gasteiger partial charge in [0.15, 0.2) is 5.82 Å². The topological polar surface area (TPSA) is 78.0 Å². The molecule has 2 rings (SSSR count). The van der Waals surface area contributed by atoms with Gasteiger partial charge in [-0.3, -0.25) is 4.57 Å². The van der Waals surface area contributed by atoms with Crippen LogP contribution in [0.3, 0.4) is 0 Å². The van der Waals surface area contributed by atoms with Crippen molar-refractivity contribution in [3.63, 3.8) is 0 Å². The minimum atomic E-state index is 0.658. The maximum absolute atomic E-state index is 6.03. The SMILES string of the molecule is CCNc1nnc(-c2cc(OC)ccc2N)n1CC. The number of nitrogens with zero attached hydrogens (tertiary/aromatic N) is 3. The molecule has 0 amide bonds. The van der Waals surface area contributed by atoms with E-state index in [0.717, 1.165) is 36.2 Å². The molecule has 0 aliphatic carbocycles. The van der Waals surface area contributed by atoms with E-state index in [1.54, 1.807) is 7.11 Å². The molecule has 102 valence electrons. The van der Waals surface area contributed by atoms with Gasteiger partial charge in [-0.05, 0) is 32.0 Å². The number of ether oxygens (including phenoxy) is 1. The Bertz CT molecular complexity index is 564. The molecule has 0 bridgehead atoms. The van der Waals surface area contributed by atoms with Crippen LogP contribution in [-0.4, -0.2) is 28.4 Å². The van der Waals surface area contributed by atoms with Gasteiger partial charge in [0.25, 0.3) is 0 Å². The lowest BCUT2D eigenvalue weighted by atomic mass is 10.1. The summed E-state index contributed by atoms with van der Waals surface area (Å²) < 4.78 is 7.23. The maximum Gasteiger partial charge on any atom is 0.224 e. The van der Waals surface area contributed by atoms with Crippen LogP contribution in [0.15, 0.2) is 18.2 Å². The molecule has 0 aliphatic heterocycles. The Balaban J connectivity index is 2.52. The molecule has 0 fully saturated rings. The van der Waals surface area contributed by atoms with Crippen LogP contribution >= 0.6 is 0 Å². The summed E-state index contributed by atoms with van der Waals surface area (Å²) in [4.78, 5) is 0. The van der Waals surface area contributed by atoms with Crippen LogP contribution in [-0.2, 0) is 6.54 Å². The molecule has 0 aliphatic rings. The van der Waals surface area contributed by atoms with E-state index >= 15 is 0 Å². The molecule has 2 aromatic rings. The summed E-state index contributed by atoms with van der Waals surface area (Å²) in [5.41, 5.74) is 7.52. The normalized spacial score (nSPS) is 10.5. The first-order chi connectivity index (χ1) is 9.21. The third-order valence-electron chi connectivity index (χ3n) is 2.90. The monoisotopic (exact) mass is 261 g/mol.